The molecule has 0 radical (unpaired) electrons. The molecule has 0 saturated heterocycles. The number of thioether (sulfide) groups is 1. The van der Waals surface area contributed by atoms with E-state index in [1.54, 1.807) is 11.8 Å². The molecule has 0 spiro atoms. The van der Waals surface area contributed by atoms with E-state index in [4.69, 9.17) is 5.73 Å². The summed E-state index contributed by atoms with van der Waals surface area (Å²) in [5.41, 5.74) is 5.24. The molecule has 5 aliphatic rings. The number of aromatic nitrogens is 3. The Bertz CT molecular complexity index is 735. The fourth-order valence-corrected chi connectivity index (χ4v) is 7.30. The highest BCUT2D eigenvalue weighted by atomic mass is 32.2. The molecule has 5 fully saturated rings. The van der Waals surface area contributed by atoms with Gasteiger partial charge in [-0.1, -0.05) is 11.8 Å². The minimum atomic E-state index is -0.313. The maximum atomic E-state index is 13.2. The molecule has 0 atom stereocenters. The third kappa shape index (κ3) is 3.32. The molecule has 146 valence electrons. The zero-order valence-electron chi connectivity index (χ0n) is 15.7. The fourth-order valence-electron chi connectivity index (χ4n) is 6.25. The molecule has 4 bridgehead atoms. The van der Waals surface area contributed by atoms with Crippen molar-refractivity contribution in [3.05, 3.63) is 5.82 Å². The van der Waals surface area contributed by atoms with E-state index in [-0.39, 0.29) is 11.3 Å². The maximum absolute atomic E-state index is 13.2. The van der Waals surface area contributed by atoms with E-state index in [2.05, 4.69) is 14.8 Å². The Morgan fingerprint density at radius 1 is 1.07 bits per heavy atom. The van der Waals surface area contributed by atoms with Gasteiger partial charge in [-0.15, -0.1) is 10.2 Å². The first-order valence-electron chi connectivity index (χ1n) is 10.4. The lowest BCUT2D eigenvalue weighted by molar-refractivity contribution is -0.141. The Morgan fingerprint density at radius 2 is 1.70 bits per heavy atom. The molecule has 1 aromatic heterocycles. The highest BCUT2D eigenvalue weighted by Crippen LogP contribution is 2.60. The zero-order valence-corrected chi connectivity index (χ0v) is 16.5. The summed E-state index contributed by atoms with van der Waals surface area (Å²) < 4.78 is 2.15. The quantitative estimate of drug-likeness (QED) is 0.692. The molecule has 6 rings (SSSR count). The first kappa shape index (κ1) is 17.7. The largest absolute Gasteiger partial charge is 0.370 e. The summed E-state index contributed by atoms with van der Waals surface area (Å²) in [5.74, 6) is 3.85. The number of Topliss-reactive ketones (excluding diaryl/α,β-unsaturated/α-hetero) is 1. The van der Waals surface area contributed by atoms with Crippen molar-refractivity contribution in [1.29, 1.82) is 0 Å². The average Bonchev–Trinajstić information content (AvgIpc) is 3.37. The Hall–Kier alpha value is -1.37. The summed E-state index contributed by atoms with van der Waals surface area (Å²) in [5, 5.41) is 9.48. The van der Waals surface area contributed by atoms with Crippen molar-refractivity contribution in [3.8, 4) is 0 Å². The van der Waals surface area contributed by atoms with E-state index in [1.807, 2.05) is 0 Å². The van der Waals surface area contributed by atoms with Crippen LogP contribution >= 0.6 is 11.8 Å². The van der Waals surface area contributed by atoms with Crippen molar-refractivity contribution in [1.82, 2.24) is 14.8 Å². The van der Waals surface area contributed by atoms with E-state index >= 15 is 0 Å². The number of carbonyl (C=O) groups excluding carboxylic acids is 2. The van der Waals surface area contributed by atoms with Crippen molar-refractivity contribution in [2.24, 2.45) is 28.9 Å². The second kappa shape index (κ2) is 6.61. The number of ketones is 1. The molecule has 7 heteroatoms. The maximum Gasteiger partial charge on any atom is 0.217 e. The molecule has 1 heterocycles. The van der Waals surface area contributed by atoms with Crippen LogP contribution in [0.4, 0.5) is 0 Å². The SMILES string of the molecule is NC(=O)CCc1nnc(SCC(=O)C23CC4CC(CC(C4)C2)C3)n1C1CC1. The van der Waals surface area contributed by atoms with Crippen LogP contribution in [0.2, 0.25) is 0 Å². The first-order valence-corrected chi connectivity index (χ1v) is 11.4. The second-order valence-corrected chi connectivity index (χ2v) is 10.3. The molecule has 27 heavy (non-hydrogen) atoms. The number of carbonyl (C=O) groups is 2. The number of hydrogen-bond acceptors (Lipinski definition) is 5. The number of primary amides is 1. The van der Waals surface area contributed by atoms with Crippen LogP contribution < -0.4 is 5.73 Å². The van der Waals surface area contributed by atoms with Crippen LogP contribution in [-0.2, 0) is 16.0 Å². The summed E-state index contributed by atoms with van der Waals surface area (Å²) in [6.07, 6.45) is 10.5. The molecule has 6 nitrogen and oxygen atoms in total. The van der Waals surface area contributed by atoms with E-state index in [0.717, 1.165) is 60.8 Å². The molecule has 0 unspecified atom stereocenters. The monoisotopic (exact) mass is 388 g/mol. The Balaban J connectivity index is 1.28. The summed E-state index contributed by atoms with van der Waals surface area (Å²) in [6, 6.07) is 0.431. The van der Waals surface area contributed by atoms with Gasteiger partial charge in [-0.25, -0.2) is 0 Å². The van der Waals surface area contributed by atoms with Gasteiger partial charge in [-0.3, -0.25) is 9.59 Å². The van der Waals surface area contributed by atoms with Gasteiger partial charge in [0, 0.05) is 24.3 Å². The molecule has 5 aliphatic carbocycles. The molecular formula is C20H28N4O2S. The van der Waals surface area contributed by atoms with E-state index in [0.29, 0.717) is 30.4 Å². The highest BCUT2D eigenvalue weighted by molar-refractivity contribution is 7.99. The van der Waals surface area contributed by atoms with Gasteiger partial charge in [-0.2, -0.15) is 0 Å². The minimum Gasteiger partial charge on any atom is -0.370 e. The van der Waals surface area contributed by atoms with Gasteiger partial charge in [0.25, 0.3) is 0 Å². The number of nitrogens with two attached hydrogens (primary N) is 1. The lowest BCUT2D eigenvalue weighted by Gasteiger charge is -2.56. The van der Waals surface area contributed by atoms with Crippen LogP contribution in [-0.4, -0.2) is 32.2 Å². The number of amides is 1. The second-order valence-electron chi connectivity index (χ2n) is 9.38. The summed E-state index contributed by atoms with van der Waals surface area (Å²) in [6.45, 7) is 0. The predicted octanol–water partition coefficient (Wildman–Crippen LogP) is 2.91. The minimum absolute atomic E-state index is 0.0407. The van der Waals surface area contributed by atoms with Crippen LogP contribution in [0.5, 0.6) is 0 Å². The molecule has 2 N–H and O–H groups in total. The molecule has 1 amide bonds. The standard InChI is InChI=1S/C20H28N4O2S/c21-17(26)3-4-18-22-23-19(24(18)15-1-2-15)27-11-16(25)20-8-12-5-13(9-20)7-14(6-12)10-20/h12-15H,1-11H2,(H2,21,26). The van der Waals surface area contributed by atoms with Gasteiger partial charge in [0.05, 0.1) is 5.75 Å². The van der Waals surface area contributed by atoms with E-state index in [9.17, 15) is 9.59 Å². The number of hydrogen-bond donors (Lipinski definition) is 1. The van der Waals surface area contributed by atoms with Crippen LogP contribution in [0.25, 0.3) is 0 Å². The molecular weight excluding hydrogens is 360 g/mol. The van der Waals surface area contributed by atoms with Gasteiger partial charge >= 0.3 is 0 Å². The number of rotatable bonds is 8. The molecule has 0 aliphatic heterocycles. The van der Waals surface area contributed by atoms with Crippen molar-refractivity contribution in [2.45, 2.75) is 75.4 Å². The van der Waals surface area contributed by atoms with Gasteiger partial charge in [-0.05, 0) is 69.1 Å². The lowest BCUT2D eigenvalue weighted by Crippen LogP contribution is -2.50. The van der Waals surface area contributed by atoms with E-state index in [1.165, 1.54) is 19.3 Å². The van der Waals surface area contributed by atoms with Crippen LogP contribution in [0.1, 0.15) is 69.7 Å². The van der Waals surface area contributed by atoms with Crippen molar-refractivity contribution < 1.29 is 9.59 Å². The third-order valence-electron chi connectivity index (χ3n) is 7.20. The van der Waals surface area contributed by atoms with Crippen LogP contribution in [0.3, 0.4) is 0 Å². The Morgan fingerprint density at radius 3 is 2.26 bits per heavy atom. The van der Waals surface area contributed by atoms with Gasteiger partial charge < -0.3 is 10.3 Å². The van der Waals surface area contributed by atoms with Crippen molar-refractivity contribution in [3.63, 3.8) is 0 Å². The normalized spacial score (nSPS) is 34.1. The smallest absolute Gasteiger partial charge is 0.217 e. The number of aryl methyl sites for hydroxylation is 1. The van der Waals surface area contributed by atoms with Gasteiger partial charge in [0.2, 0.25) is 5.91 Å². The molecule has 5 saturated carbocycles. The van der Waals surface area contributed by atoms with Crippen LogP contribution in [0.15, 0.2) is 5.16 Å². The number of nitrogens with zero attached hydrogens (tertiary/aromatic N) is 3. The van der Waals surface area contributed by atoms with E-state index < -0.39 is 0 Å². The van der Waals surface area contributed by atoms with Crippen LogP contribution in [0, 0.1) is 23.2 Å². The summed E-state index contributed by atoms with van der Waals surface area (Å²) in [4.78, 5) is 24.4. The Labute approximate surface area is 164 Å². The third-order valence-corrected chi connectivity index (χ3v) is 8.15. The summed E-state index contributed by atoms with van der Waals surface area (Å²) in [7, 11) is 0. The first-order chi connectivity index (χ1) is 13.0. The van der Waals surface area contributed by atoms with Gasteiger partial charge in [0.15, 0.2) is 5.16 Å². The zero-order chi connectivity index (χ0) is 18.6. The van der Waals surface area contributed by atoms with Crippen molar-refractivity contribution in [2.75, 3.05) is 5.75 Å². The fraction of sp³-hybridized carbons (Fsp3) is 0.800. The van der Waals surface area contributed by atoms with Gasteiger partial charge in [0.1, 0.15) is 11.6 Å². The Kier molecular flexibility index (Phi) is 4.33. The highest BCUT2D eigenvalue weighted by Gasteiger charge is 2.54. The lowest BCUT2D eigenvalue weighted by atomic mass is 9.48. The molecule has 0 aromatic carbocycles. The topological polar surface area (TPSA) is 90.9 Å². The van der Waals surface area contributed by atoms with Crippen molar-refractivity contribution >= 4 is 23.5 Å². The average molecular weight is 389 g/mol. The molecule has 1 aromatic rings. The predicted molar refractivity (Wildman–Crippen MR) is 102 cm³/mol. The summed E-state index contributed by atoms with van der Waals surface area (Å²) >= 11 is 1.55.